The first-order valence-corrected chi connectivity index (χ1v) is 5.66. The summed E-state index contributed by atoms with van der Waals surface area (Å²) in [5.74, 6) is 0.821. The van der Waals surface area contributed by atoms with Gasteiger partial charge in [0.2, 0.25) is 0 Å². The third-order valence-electron chi connectivity index (χ3n) is 2.91. The Kier molecular flexibility index (Phi) is 3.19. The lowest BCUT2D eigenvalue weighted by atomic mass is 10.1. The van der Waals surface area contributed by atoms with Gasteiger partial charge in [0.1, 0.15) is 0 Å². The molecule has 1 aromatic carbocycles. The molecule has 0 aliphatic carbocycles. The topological polar surface area (TPSA) is 55.6 Å². The molecule has 1 N–H and O–H groups in total. The van der Waals surface area contributed by atoms with Crippen molar-refractivity contribution >= 4 is 0 Å². The molecule has 1 aromatic heterocycles. The molecule has 0 saturated heterocycles. The van der Waals surface area contributed by atoms with Gasteiger partial charge in [-0.25, -0.2) is 0 Å². The van der Waals surface area contributed by atoms with Crippen molar-refractivity contribution in [3.8, 4) is 5.69 Å². The van der Waals surface area contributed by atoms with E-state index in [2.05, 4.69) is 52.9 Å². The fourth-order valence-electron chi connectivity index (χ4n) is 1.71. The first-order chi connectivity index (χ1) is 8.13. The maximum Gasteiger partial charge on any atom is 0.173 e. The van der Waals surface area contributed by atoms with Crippen LogP contribution in [0.25, 0.3) is 5.69 Å². The SMILES string of the molecule is CNC(C)c1nnnn1-c1cc(C)ccc1C. The summed E-state index contributed by atoms with van der Waals surface area (Å²) < 4.78 is 1.80. The van der Waals surface area contributed by atoms with Gasteiger partial charge in [-0.2, -0.15) is 4.68 Å². The number of rotatable bonds is 3. The number of nitrogens with zero attached hydrogens (tertiary/aromatic N) is 4. The van der Waals surface area contributed by atoms with Crippen LogP contribution in [0.1, 0.15) is 29.9 Å². The van der Waals surface area contributed by atoms with Crippen molar-refractivity contribution in [2.75, 3.05) is 7.05 Å². The third kappa shape index (κ3) is 2.19. The number of hydrogen-bond donors (Lipinski definition) is 1. The minimum atomic E-state index is 0.116. The van der Waals surface area contributed by atoms with E-state index in [1.807, 2.05) is 14.0 Å². The van der Waals surface area contributed by atoms with E-state index < -0.39 is 0 Å². The first kappa shape index (κ1) is 11.7. The second-order valence-corrected chi connectivity index (χ2v) is 4.25. The summed E-state index contributed by atoms with van der Waals surface area (Å²) in [6, 6.07) is 6.38. The van der Waals surface area contributed by atoms with Crippen LogP contribution in [-0.2, 0) is 0 Å². The number of nitrogens with one attached hydrogen (secondary N) is 1. The second kappa shape index (κ2) is 4.63. The largest absolute Gasteiger partial charge is 0.311 e. The molecule has 0 radical (unpaired) electrons. The van der Waals surface area contributed by atoms with Crippen LogP contribution in [0.5, 0.6) is 0 Å². The van der Waals surface area contributed by atoms with Gasteiger partial charge >= 0.3 is 0 Å². The highest BCUT2D eigenvalue weighted by Crippen LogP contribution is 2.18. The van der Waals surface area contributed by atoms with Crippen LogP contribution in [0, 0.1) is 13.8 Å². The fraction of sp³-hybridized carbons (Fsp3) is 0.417. The maximum absolute atomic E-state index is 4.07. The van der Waals surface area contributed by atoms with Crippen molar-refractivity contribution in [3.63, 3.8) is 0 Å². The molecule has 2 rings (SSSR count). The number of hydrogen-bond acceptors (Lipinski definition) is 4. The molecule has 0 amide bonds. The third-order valence-corrected chi connectivity index (χ3v) is 2.91. The van der Waals surface area contributed by atoms with Crippen LogP contribution in [0.15, 0.2) is 18.2 Å². The summed E-state index contributed by atoms with van der Waals surface area (Å²) in [6.07, 6.45) is 0. The molecular formula is C12H17N5. The van der Waals surface area contributed by atoms with E-state index in [9.17, 15) is 0 Å². The molecule has 1 atom stereocenters. The van der Waals surface area contributed by atoms with E-state index in [0.29, 0.717) is 0 Å². The Morgan fingerprint density at radius 3 is 2.76 bits per heavy atom. The Hall–Kier alpha value is -1.75. The fourth-order valence-corrected chi connectivity index (χ4v) is 1.71. The Bertz CT molecular complexity index is 517. The predicted molar refractivity (Wildman–Crippen MR) is 66.1 cm³/mol. The highest BCUT2D eigenvalue weighted by atomic mass is 15.5. The molecule has 1 heterocycles. The minimum Gasteiger partial charge on any atom is -0.311 e. The molecule has 5 nitrogen and oxygen atoms in total. The normalized spacial score (nSPS) is 12.7. The summed E-state index contributed by atoms with van der Waals surface area (Å²) >= 11 is 0. The summed E-state index contributed by atoms with van der Waals surface area (Å²) in [6.45, 7) is 6.16. The van der Waals surface area contributed by atoms with Gasteiger partial charge in [-0.1, -0.05) is 12.1 Å². The Balaban J connectivity index is 2.53. The quantitative estimate of drug-likeness (QED) is 0.871. The molecule has 17 heavy (non-hydrogen) atoms. The zero-order valence-electron chi connectivity index (χ0n) is 10.6. The van der Waals surface area contributed by atoms with Gasteiger partial charge < -0.3 is 5.32 Å². The van der Waals surface area contributed by atoms with Crippen molar-refractivity contribution in [2.45, 2.75) is 26.8 Å². The van der Waals surface area contributed by atoms with Crippen LogP contribution in [0.2, 0.25) is 0 Å². The lowest BCUT2D eigenvalue weighted by molar-refractivity contribution is 0.588. The molecular weight excluding hydrogens is 214 g/mol. The van der Waals surface area contributed by atoms with E-state index in [4.69, 9.17) is 0 Å². The van der Waals surface area contributed by atoms with Crippen LogP contribution < -0.4 is 5.32 Å². The lowest BCUT2D eigenvalue weighted by Gasteiger charge is -2.12. The molecule has 90 valence electrons. The maximum atomic E-state index is 4.07. The Morgan fingerprint density at radius 2 is 2.06 bits per heavy atom. The molecule has 0 bridgehead atoms. The standard InChI is InChI=1S/C12H17N5/c1-8-5-6-9(2)11(7-8)17-12(10(3)13-4)14-15-16-17/h5-7,10,13H,1-4H3. The van der Waals surface area contributed by atoms with Gasteiger partial charge in [-0.05, 0) is 55.4 Å². The average Bonchev–Trinajstić information content (AvgIpc) is 2.80. The van der Waals surface area contributed by atoms with Crippen LogP contribution in [0.3, 0.4) is 0 Å². The Labute approximate surface area is 101 Å². The van der Waals surface area contributed by atoms with Gasteiger partial charge in [-0.3, -0.25) is 0 Å². The second-order valence-electron chi connectivity index (χ2n) is 4.25. The monoisotopic (exact) mass is 231 g/mol. The van der Waals surface area contributed by atoms with Crippen molar-refractivity contribution in [3.05, 3.63) is 35.2 Å². The number of aromatic nitrogens is 4. The van der Waals surface area contributed by atoms with Crippen LogP contribution >= 0.6 is 0 Å². The van der Waals surface area contributed by atoms with Crippen LogP contribution in [-0.4, -0.2) is 27.3 Å². The minimum absolute atomic E-state index is 0.116. The van der Waals surface area contributed by atoms with Gasteiger partial charge in [0.05, 0.1) is 11.7 Å². The van der Waals surface area contributed by atoms with Crippen molar-refractivity contribution in [1.82, 2.24) is 25.5 Å². The zero-order chi connectivity index (χ0) is 12.4. The van der Waals surface area contributed by atoms with E-state index >= 15 is 0 Å². The number of tetrazole rings is 1. The van der Waals surface area contributed by atoms with E-state index in [1.54, 1.807) is 4.68 Å². The van der Waals surface area contributed by atoms with Gasteiger partial charge in [0, 0.05) is 0 Å². The van der Waals surface area contributed by atoms with Gasteiger partial charge in [0.15, 0.2) is 5.82 Å². The molecule has 0 saturated carbocycles. The van der Waals surface area contributed by atoms with E-state index in [-0.39, 0.29) is 6.04 Å². The van der Waals surface area contributed by atoms with E-state index in [0.717, 1.165) is 17.1 Å². The summed E-state index contributed by atoms with van der Waals surface area (Å²) in [4.78, 5) is 0. The molecule has 0 aliphatic rings. The number of aryl methyl sites for hydroxylation is 2. The van der Waals surface area contributed by atoms with E-state index in [1.165, 1.54) is 5.56 Å². The number of benzene rings is 1. The molecule has 2 aromatic rings. The predicted octanol–water partition coefficient (Wildman–Crippen LogP) is 1.56. The average molecular weight is 231 g/mol. The zero-order valence-corrected chi connectivity index (χ0v) is 10.6. The van der Waals surface area contributed by atoms with Crippen LogP contribution in [0.4, 0.5) is 0 Å². The van der Waals surface area contributed by atoms with Crippen molar-refractivity contribution in [1.29, 1.82) is 0 Å². The highest BCUT2D eigenvalue weighted by Gasteiger charge is 2.15. The summed E-state index contributed by atoms with van der Waals surface area (Å²) in [5.41, 5.74) is 3.39. The van der Waals surface area contributed by atoms with Crippen molar-refractivity contribution < 1.29 is 0 Å². The van der Waals surface area contributed by atoms with Gasteiger partial charge in [-0.15, -0.1) is 5.10 Å². The highest BCUT2D eigenvalue weighted by molar-refractivity contribution is 5.42. The molecule has 1 unspecified atom stereocenters. The molecule has 0 aliphatic heterocycles. The Morgan fingerprint density at radius 1 is 1.29 bits per heavy atom. The smallest absolute Gasteiger partial charge is 0.173 e. The molecule has 0 fully saturated rings. The molecule has 5 heteroatoms. The summed E-state index contributed by atoms with van der Waals surface area (Å²) in [7, 11) is 1.90. The first-order valence-electron chi connectivity index (χ1n) is 5.66. The van der Waals surface area contributed by atoms with Gasteiger partial charge in [0.25, 0.3) is 0 Å². The summed E-state index contributed by atoms with van der Waals surface area (Å²) in [5, 5.41) is 15.1. The van der Waals surface area contributed by atoms with Crippen molar-refractivity contribution in [2.24, 2.45) is 0 Å². The molecule has 0 spiro atoms. The lowest BCUT2D eigenvalue weighted by Crippen LogP contribution is -2.18.